The fraction of sp³-hybridized carbons (Fsp3) is 0.500. The highest BCUT2D eigenvalue weighted by Gasteiger charge is 2.19. The first-order valence-corrected chi connectivity index (χ1v) is 6.14. The lowest BCUT2D eigenvalue weighted by Crippen LogP contribution is -2.41. The van der Waals surface area contributed by atoms with Crippen molar-refractivity contribution in [1.29, 1.82) is 0 Å². The molecule has 17 heavy (non-hydrogen) atoms. The first kappa shape index (κ1) is 12.1. The van der Waals surface area contributed by atoms with Crippen molar-refractivity contribution in [2.75, 3.05) is 24.7 Å². The third-order valence-corrected chi connectivity index (χ3v) is 2.88. The van der Waals surface area contributed by atoms with Gasteiger partial charge in [0.2, 0.25) is 0 Å². The van der Waals surface area contributed by atoms with Gasteiger partial charge in [-0.05, 0) is 30.0 Å². The molecule has 0 saturated carbocycles. The Morgan fingerprint density at radius 3 is 2.59 bits per heavy atom. The van der Waals surface area contributed by atoms with E-state index in [-0.39, 0.29) is 12.5 Å². The Hall–Kier alpha value is -1.35. The third kappa shape index (κ3) is 3.07. The van der Waals surface area contributed by atoms with Gasteiger partial charge in [0, 0.05) is 12.2 Å². The molecule has 2 rings (SSSR count). The van der Waals surface area contributed by atoms with Gasteiger partial charge in [-0.3, -0.25) is 4.79 Å². The van der Waals surface area contributed by atoms with Crippen molar-refractivity contribution < 1.29 is 9.53 Å². The lowest BCUT2D eigenvalue weighted by atomic mass is 10.0. The topological polar surface area (TPSA) is 29.5 Å². The highest BCUT2D eigenvalue weighted by molar-refractivity contribution is 5.94. The van der Waals surface area contributed by atoms with Gasteiger partial charge in [-0.1, -0.05) is 26.0 Å². The molecular weight excluding hydrogens is 214 g/mol. The molecule has 1 aliphatic heterocycles. The molecule has 0 aliphatic carbocycles. The number of hydrogen-bond donors (Lipinski definition) is 0. The molecule has 1 amide bonds. The second kappa shape index (κ2) is 5.32. The maximum atomic E-state index is 11.7. The fourth-order valence-corrected chi connectivity index (χ4v) is 2.07. The van der Waals surface area contributed by atoms with Crippen LogP contribution in [-0.4, -0.2) is 25.7 Å². The van der Waals surface area contributed by atoms with Crippen LogP contribution in [0.25, 0.3) is 0 Å². The maximum Gasteiger partial charge on any atom is 0.253 e. The van der Waals surface area contributed by atoms with Crippen LogP contribution < -0.4 is 4.90 Å². The van der Waals surface area contributed by atoms with Gasteiger partial charge in [-0.25, -0.2) is 0 Å². The summed E-state index contributed by atoms with van der Waals surface area (Å²) < 4.78 is 5.12. The summed E-state index contributed by atoms with van der Waals surface area (Å²) in [7, 11) is 0. The monoisotopic (exact) mass is 233 g/mol. The molecule has 0 aromatic heterocycles. The Morgan fingerprint density at radius 2 is 2.00 bits per heavy atom. The largest absolute Gasteiger partial charge is 0.370 e. The Labute approximate surface area is 102 Å². The lowest BCUT2D eigenvalue weighted by molar-refractivity contribution is -0.125. The van der Waals surface area contributed by atoms with Crippen molar-refractivity contribution in [2.45, 2.75) is 20.3 Å². The first-order valence-electron chi connectivity index (χ1n) is 6.14. The number of anilines is 1. The van der Waals surface area contributed by atoms with E-state index >= 15 is 0 Å². The van der Waals surface area contributed by atoms with Crippen molar-refractivity contribution in [3.05, 3.63) is 29.8 Å². The molecule has 1 aliphatic rings. The number of ether oxygens (including phenoxy) is 1. The molecule has 3 nitrogen and oxygen atoms in total. The minimum atomic E-state index is 0.0489. The van der Waals surface area contributed by atoms with Gasteiger partial charge in [0.25, 0.3) is 5.91 Å². The summed E-state index contributed by atoms with van der Waals surface area (Å²) >= 11 is 0. The maximum absolute atomic E-state index is 11.7. The molecule has 1 aromatic carbocycles. The van der Waals surface area contributed by atoms with E-state index in [0.29, 0.717) is 19.1 Å². The van der Waals surface area contributed by atoms with Crippen LogP contribution in [-0.2, 0) is 16.0 Å². The van der Waals surface area contributed by atoms with Gasteiger partial charge >= 0.3 is 0 Å². The number of carbonyl (C=O) groups excluding carboxylic acids is 1. The summed E-state index contributed by atoms with van der Waals surface area (Å²) in [6, 6.07) is 8.28. The van der Waals surface area contributed by atoms with E-state index in [9.17, 15) is 4.79 Å². The number of morpholine rings is 1. The number of hydrogen-bond acceptors (Lipinski definition) is 2. The predicted octanol–water partition coefficient (Wildman–Crippen LogP) is 2.25. The molecular formula is C14H19NO2. The second-order valence-electron chi connectivity index (χ2n) is 4.86. The lowest BCUT2D eigenvalue weighted by Gasteiger charge is -2.27. The van der Waals surface area contributed by atoms with E-state index in [0.717, 1.165) is 12.1 Å². The molecule has 0 unspecified atom stereocenters. The van der Waals surface area contributed by atoms with Gasteiger partial charge < -0.3 is 9.64 Å². The van der Waals surface area contributed by atoms with Crippen molar-refractivity contribution in [3.8, 4) is 0 Å². The Morgan fingerprint density at radius 1 is 1.29 bits per heavy atom. The van der Waals surface area contributed by atoms with Gasteiger partial charge in [0.15, 0.2) is 0 Å². The molecule has 1 fully saturated rings. The standard InChI is InChI=1S/C14H19NO2/c1-11(2)9-12-3-5-13(6-4-12)15-7-8-17-10-14(15)16/h3-6,11H,7-10H2,1-2H3. The Bertz CT molecular complexity index is 384. The van der Waals surface area contributed by atoms with Crippen LogP contribution in [0.4, 0.5) is 5.69 Å². The summed E-state index contributed by atoms with van der Waals surface area (Å²) in [4.78, 5) is 13.5. The summed E-state index contributed by atoms with van der Waals surface area (Å²) in [6.07, 6.45) is 1.08. The molecule has 0 spiro atoms. The van der Waals surface area contributed by atoms with Crippen LogP contribution in [0.3, 0.4) is 0 Å². The summed E-state index contributed by atoms with van der Waals surface area (Å²) in [5.74, 6) is 0.707. The number of rotatable bonds is 3. The smallest absolute Gasteiger partial charge is 0.253 e. The SMILES string of the molecule is CC(C)Cc1ccc(N2CCOCC2=O)cc1. The molecule has 92 valence electrons. The van der Waals surface area contributed by atoms with Crippen LogP contribution in [0.5, 0.6) is 0 Å². The van der Waals surface area contributed by atoms with Crippen molar-refractivity contribution >= 4 is 11.6 Å². The zero-order valence-electron chi connectivity index (χ0n) is 10.5. The molecule has 3 heteroatoms. The zero-order valence-corrected chi connectivity index (χ0v) is 10.5. The second-order valence-corrected chi connectivity index (χ2v) is 4.86. The van der Waals surface area contributed by atoms with E-state index < -0.39 is 0 Å². The summed E-state index contributed by atoms with van der Waals surface area (Å²) in [6.45, 7) is 5.90. The number of carbonyl (C=O) groups is 1. The zero-order chi connectivity index (χ0) is 12.3. The van der Waals surface area contributed by atoms with Gasteiger partial charge in [0.1, 0.15) is 6.61 Å². The molecule has 1 saturated heterocycles. The van der Waals surface area contributed by atoms with Crippen molar-refractivity contribution in [2.24, 2.45) is 5.92 Å². The molecule has 0 radical (unpaired) electrons. The average Bonchev–Trinajstić information content (AvgIpc) is 2.30. The highest BCUT2D eigenvalue weighted by atomic mass is 16.5. The van der Waals surface area contributed by atoms with Gasteiger partial charge in [0.05, 0.1) is 6.61 Å². The van der Waals surface area contributed by atoms with Crippen molar-refractivity contribution in [1.82, 2.24) is 0 Å². The fourth-order valence-electron chi connectivity index (χ4n) is 2.07. The van der Waals surface area contributed by atoms with E-state index in [1.807, 2.05) is 12.1 Å². The van der Waals surface area contributed by atoms with Crippen LogP contribution in [0.1, 0.15) is 19.4 Å². The summed E-state index contributed by atoms with van der Waals surface area (Å²) in [5.41, 5.74) is 2.30. The molecule has 1 aromatic rings. The molecule has 0 N–H and O–H groups in total. The third-order valence-electron chi connectivity index (χ3n) is 2.88. The van der Waals surface area contributed by atoms with Crippen LogP contribution in [0.15, 0.2) is 24.3 Å². The normalized spacial score (nSPS) is 16.6. The number of nitrogens with zero attached hydrogens (tertiary/aromatic N) is 1. The van der Waals surface area contributed by atoms with Crippen LogP contribution in [0.2, 0.25) is 0 Å². The number of amides is 1. The molecule has 0 atom stereocenters. The quantitative estimate of drug-likeness (QED) is 0.801. The van der Waals surface area contributed by atoms with Crippen LogP contribution >= 0.6 is 0 Å². The van der Waals surface area contributed by atoms with Gasteiger partial charge in [-0.15, -0.1) is 0 Å². The Kier molecular flexibility index (Phi) is 3.79. The Balaban J connectivity index is 2.08. The minimum Gasteiger partial charge on any atom is -0.370 e. The molecule has 1 heterocycles. The van der Waals surface area contributed by atoms with Gasteiger partial charge in [-0.2, -0.15) is 0 Å². The first-order chi connectivity index (χ1) is 8.16. The van der Waals surface area contributed by atoms with E-state index in [2.05, 4.69) is 26.0 Å². The summed E-state index contributed by atoms with van der Waals surface area (Å²) in [5, 5.41) is 0. The van der Waals surface area contributed by atoms with Crippen molar-refractivity contribution in [3.63, 3.8) is 0 Å². The number of benzene rings is 1. The highest BCUT2D eigenvalue weighted by Crippen LogP contribution is 2.18. The van der Waals surface area contributed by atoms with E-state index in [1.54, 1.807) is 4.90 Å². The molecule has 0 bridgehead atoms. The van der Waals surface area contributed by atoms with E-state index in [4.69, 9.17) is 4.74 Å². The average molecular weight is 233 g/mol. The van der Waals surface area contributed by atoms with Crippen LogP contribution in [0, 0.1) is 5.92 Å². The minimum absolute atomic E-state index is 0.0489. The van der Waals surface area contributed by atoms with E-state index in [1.165, 1.54) is 5.56 Å². The predicted molar refractivity (Wildman–Crippen MR) is 68.2 cm³/mol.